The lowest BCUT2D eigenvalue weighted by Crippen LogP contribution is -2.24. The van der Waals surface area contributed by atoms with Crippen LogP contribution in [0.5, 0.6) is 0 Å². The summed E-state index contributed by atoms with van der Waals surface area (Å²) in [7, 11) is 0. The number of rotatable bonds is 2. The quantitative estimate of drug-likeness (QED) is 0.771. The first-order valence-electron chi connectivity index (χ1n) is 5.03. The fourth-order valence-electron chi connectivity index (χ4n) is 1.85. The Bertz CT molecular complexity index is 381. The van der Waals surface area contributed by atoms with E-state index in [9.17, 15) is 4.79 Å². The Morgan fingerprint density at radius 1 is 1.67 bits per heavy atom. The van der Waals surface area contributed by atoms with Gasteiger partial charge in [0, 0.05) is 24.2 Å². The second kappa shape index (κ2) is 4.19. The van der Waals surface area contributed by atoms with Crippen LogP contribution in [-0.4, -0.2) is 22.3 Å². The van der Waals surface area contributed by atoms with Crippen LogP contribution in [-0.2, 0) is 11.3 Å². The molecule has 0 aromatic carbocycles. The van der Waals surface area contributed by atoms with Gasteiger partial charge in [0.1, 0.15) is 0 Å². The van der Waals surface area contributed by atoms with Crippen LogP contribution in [0.4, 0.5) is 0 Å². The number of hydrogen-bond donors (Lipinski definition) is 0. The molecule has 1 fully saturated rings. The Kier molecular flexibility index (Phi) is 2.91. The van der Waals surface area contributed by atoms with Crippen LogP contribution in [0.2, 0.25) is 5.02 Å². The third-order valence-corrected chi connectivity index (χ3v) is 2.77. The predicted octanol–water partition coefficient (Wildman–Crippen LogP) is 2.10. The highest BCUT2D eigenvalue weighted by atomic mass is 35.5. The molecular weight excluding hydrogens is 212 g/mol. The fraction of sp³-hybridized carbons (Fsp3) is 0.455. The van der Waals surface area contributed by atoms with Gasteiger partial charge in [0.25, 0.3) is 0 Å². The third kappa shape index (κ3) is 2.48. The van der Waals surface area contributed by atoms with E-state index in [0.717, 1.165) is 12.2 Å². The number of halogens is 1. The highest BCUT2D eigenvalue weighted by molar-refractivity contribution is 6.30. The lowest BCUT2D eigenvalue weighted by Gasteiger charge is -2.15. The van der Waals surface area contributed by atoms with Gasteiger partial charge in [-0.25, -0.2) is 0 Å². The number of aromatic nitrogens is 1. The van der Waals surface area contributed by atoms with Gasteiger partial charge in [-0.15, -0.1) is 0 Å². The highest BCUT2D eigenvalue weighted by Gasteiger charge is 2.26. The first-order valence-corrected chi connectivity index (χ1v) is 5.41. The van der Waals surface area contributed by atoms with Gasteiger partial charge >= 0.3 is 0 Å². The first-order chi connectivity index (χ1) is 7.15. The van der Waals surface area contributed by atoms with E-state index in [2.05, 4.69) is 11.9 Å². The number of hydrogen-bond acceptors (Lipinski definition) is 2. The Morgan fingerprint density at radius 2 is 2.47 bits per heavy atom. The van der Waals surface area contributed by atoms with Crippen molar-refractivity contribution in [2.75, 3.05) is 6.54 Å². The van der Waals surface area contributed by atoms with Crippen molar-refractivity contribution in [3.63, 3.8) is 0 Å². The molecule has 1 unspecified atom stereocenters. The summed E-state index contributed by atoms with van der Waals surface area (Å²) in [6.45, 7) is 3.49. The summed E-state index contributed by atoms with van der Waals surface area (Å²) in [4.78, 5) is 17.6. The molecule has 1 amide bonds. The van der Waals surface area contributed by atoms with Crippen LogP contribution in [0.3, 0.4) is 0 Å². The maximum Gasteiger partial charge on any atom is 0.223 e. The van der Waals surface area contributed by atoms with Crippen molar-refractivity contribution in [3.8, 4) is 0 Å². The molecule has 0 bridgehead atoms. The smallest absolute Gasteiger partial charge is 0.223 e. The van der Waals surface area contributed by atoms with Crippen LogP contribution in [0, 0.1) is 5.92 Å². The highest BCUT2D eigenvalue weighted by Crippen LogP contribution is 2.19. The van der Waals surface area contributed by atoms with Gasteiger partial charge in [0.05, 0.1) is 12.2 Å². The van der Waals surface area contributed by atoms with E-state index in [1.165, 1.54) is 0 Å². The molecule has 15 heavy (non-hydrogen) atoms. The average Bonchev–Trinajstić information content (AvgIpc) is 2.45. The van der Waals surface area contributed by atoms with E-state index in [1.54, 1.807) is 18.3 Å². The topological polar surface area (TPSA) is 33.2 Å². The molecule has 1 atom stereocenters. The van der Waals surface area contributed by atoms with Gasteiger partial charge in [-0.05, 0) is 18.1 Å². The number of carbonyl (C=O) groups is 1. The van der Waals surface area contributed by atoms with E-state index < -0.39 is 0 Å². The molecule has 1 aromatic heterocycles. The van der Waals surface area contributed by atoms with Crippen LogP contribution < -0.4 is 0 Å². The van der Waals surface area contributed by atoms with Crippen LogP contribution >= 0.6 is 11.6 Å². The summed E-state index contributed by atoms with van der Waals surface area (Å²) in [5.41, 5.74) is 0.852. The lowest BCUT2D eigenvalue weighted by atomic mass is 10.2. The Hall–Kier alpha value is -1.09. The minimum Gasteiger partial charge on any atom is -0.337 e. The average molecular weight is 225 g/mol. The predicted molar refractivity (Wildman–Crippen MR) is 58.4 cm³/mol. The molecule has 0 saturated carbocycles. The van der Waals surface area contributed by atoms with Crippen molar-refractivity contribution in [1.82, 2.24) is 9.88 Å². The van der Waals surface area contributed by atoms with Crippen LogP contribution in [0.15, 0.2) is 18.3 Å². The lowest BCUT2D eigenvalue weighted by molar-refractivity contribution is -0.128. The number of carbonyl (C=O) groups excluding carboxylic acids is 1. The number of nitrogens with zero attached hydrogens (tertiary/aromatic N) is 2. The molecule has 1 aliphatic rings. The van der Waals surface area contributed by atoms with Crippen molar-refractivity contribution in [2.45, 2.75) is 19.9 Å². The zero-order chi connectivity index (χ0) is 10.8. The fourth-order valence-corrected chi connectivity index (χ4v) is 2.04. The summed E-state index contributed by atoms with van der Waals surface area (Å²) >= 11 is 5.85. The van der Waals surface area contributed by atoms with Crippen LogP contribution in [0.25, 0.3) is 0 Å². The number of likely N-dealkylation sites (tertiary alicyclic amines) is 1. The maximum atomic E-state index is 11.5. The zero-order valence-corrected chi connectivity index (χ0v) is 9.37. The molecule has 80 valence electrons. The molecule has 0 spiro atoms. The molecule has 1 aliphatic heterocycles. The maximum absolute atomic E-state index is 11.5. The number of amides is 1. The van der Waals surface area contributed by atoms with E-state index in [4.69, 9.17) is 11.6 Å². The van der Waals surface area contributed by atoms with E-state index in [0.29, 0.717) is 23.9 Å². The van der Waals surface area contributed by atoms with E-state index >= 15 is 0 Å². The minimum absolute atomic E-state index is 0.212. The Balaban J connectivity index is 2.06. The van der Waals surface area contributed by atoms with Gasteiger partial charge in [0.2, 0.25) is 5.91 Å². The van der Waals surface area contributed by atoms with E-state index in [1.807, 2.05) is 4.90 Å². The largest absolute Gasteiger partial charge is 0.337 e. The van der Waals surface area contributed by atoms with Gasteiger partial charge in [-0.2, -0.15) is 0 Å². The van der Waals surface area contributed by atoms with Gasteiger partial charge in [-0.3, -0.25) is 9.78 Å². The molecule has 0 N–H and O–H groups in total. The summed E-state index contributed by atoms with van der Waals surface area (Å²) in [5, 5.41) is 0.666. The molecule has 1 saturated heterocycles. The Labute approximate surface area is 94.1 Å². The zero-order valence-electron chi connectivity index (χ0n) is 8.61. The summed E-state index contributed by atoms with van der Waals surface area (Å²) in [6, 6.07) is 3.54. The SMILES string of the molecule is CC1CC(=O)N(Cc2cc(Cl)ccn2)C1. The molecule has 0 aliphatic carbocycles. The summed E-state index contributed by atoms with van der Waals surface area (Å²) in [5.74, 6) is 0.668. The standard InChI is InChI=1S/C11H13ClN2O/c1-8-4-11(15)14(6-8)7-10-5-9(12)2-3-13-10/h2-3,5,8H,4,6-7H2,1H3. The first kappa shape index (κ1) is 10.4. The summed E-state index contributed by atoms with van der Waals surface area (Å²) in [6.07, 6.45) is 2.32. The second-order valence-corrected chi connectivity index (χ2v) is 4.49. The molecular formula is C11H13ClN2O. The van der Waals surface area contributed by atoms with Gasteiger partial charge < -0.3 is 4.90 Å². The normalized spacial score (nSPS) is 21.1. The number of pyridine rings is 1. The third-order valence-electron chi connectivity index (χ3n) is 2.54. The van der Waals surface area contributed by atoms with Gasteiger partial charge in [-0.1, -0.05) is 18.5 Å². The molecule has 4 heteroatoms. The monoisotopic (exact) mass is 224 g/mol. The van der Waals surface area contributed by atoms with Crippen molar-refractivity contribution < 1.29 is 4.79 Å². The molecule has 1 aromatic rings. The summed E-state index contributed by atoms with van der Waals surface area (Å²) < 4.78 is 0. The molecule has 2 heterocycles. The minimum atomic E-state index is 0.212. The van der Waals surface area contributed by atoms with Crippen molar-refractivity contribution in [1.29, 1.82) is 0 Å². The second-order valence-electron chi connectivity index (χ2n) is 4.05. The molecule has 2 rings (SSSR count). The van der Waals surface area contributed by atoms with Crippen molar-refractivity contribution in [3.05, 3.63) is 29.0 Å². The van der Waals surface area contributed by atoms with Crippen molar-refractivity contribution >= 4 is 17.5 Å². The molecule has 3 nitrogen and oxygen atoms in total. The molecule has 0 radical (unpaired) electrons. The van der Waals surface area contributed by atoms with Crippen molar-refractivity contribution in [2.24, 2.45) is 5.92 Å². The van der Waals surface area contributed by atoms with E-state index in [-0.39, 0.29) is 5.91 Å². The Morgan fingerprint density at radius 3 is 3.07 bits per heavy atom. The van der Waals surface area contributed by atoms with Gasteiger partial charge in [0.15, 0.2) is 0 Å². The van der Waals surface area contributed by atoms with Crippen LogP contribution in [0.1, 0.15) is 19.0 Å².